The number of ketones is 1. The van der Waals surface area contributed by atoms with E-state index in [1.165, 1.54) is 18.4 Å². The summed E-state index contributed by atoms with van der Waals surface area (Å²) in [4.78, 5) is 31.7. The molecule has 0 N–H and O–H groups in total. The van der Waals surface area contributed by atoms with E-state index >= 15 is 0 Å². The number of carbonyl (C=O) groups is 2. The lowest BCUT2D eigenvalue weighted by molar-refractivity contribution is -0.119. The third-order valence-corrected chi connectivity index (χ3v) is 7.63. The minimum Gasteiger partial charge on any atom is -0.317 e. The van der Waals surface area contributed by atoms with Crippen molar-refractivity contribution in [1.82, 2.24) is 14.7 Å². The molecule has 5 heteroatoms. The Labute approximate surface area is 175 Å². The van der Waals surface area contributed by atoms with Crippen LogP contribution < -0.4 is 0 Å². The average molecular weight is 398 g/mol. The number of urea groups is 1. The molecule has 3 aliphatic rings. The third kappa shape index (κ3) is 3.70. The van der Waals surface area contributed by atoms with E-state index in [-0.39, 0.29) is 29.4 Å². The molecule has 1 aromatic rings. The molecular formula is C24H35N3O2. The maximum Gasteiger partial charge on any atom is 0.321 e. The topological polar surface area (TPSA) is 43.9 Å². The zero-order chi connectivity index (χ0) is 20.6. The first-order chi connectivity index (χ1) is 13.9. The van der Waals surface area contributed by atoms with Gasteiger partial charge in [0.25, 0.3) is 0 Å². The second-order valence-corrected chi connectivity index (χ2v) is 9.60. The normalized spacial score (nSPS) is 29.9. The average Bonchev–Trinajstić information content (AvgIpc) is 3.52. The number of Topliss-reactive ketones (excluding diaryl/α,β-unsaturated/α-hetero) is 1. The maximum absolute atomic E-state index is 13.2. The summed E-state index contributed by atoms with van der Waals surface area (Å²) in [6, 6.07) is 10.9. The highest BCUT2D eigenvalue weighted by molar-refractivity contribution is 5.87. The van der Waals surface area contributed by atoms with E-state index < -0.39 is 0 Å². The summed E-state index contributed by atoms with van der Waals surface area (Å²) >= 11 is 0. The minimum absolute atomic E-state index is 0.0213. The molecule has 0 atom stereocenters. The van der Waals surface area contributed by atoms with Crippen LogP contribution in [0.15, 0.2) is 30.3 Å². The van der Waals surface area contributed by atoms with Gasteiger partial charge in [-0.15, -0.1) is 0 Å². The second-order valence-electron chi connectivity index (χ2n) is 9.60. The molecule has 2 saturated carbocycles. The molecule has 4 rings (SSSR count). The Kier molecular flexibility index (Phi) is 5.45. The summed E-state index contributed by atoms with van der Waals surface area (Å²) in [5, 5.41) is 0. The van der Waals surface area contributed by atoms with Gasteiger partial charge in [0.1, 0.15) is 0 Å². The molecule has 158 valence electrons. The zero-order valence-corrected chi connectivity index (χ0v) is 18.2. The lowest BCUT2D eigenvalue weighted by Gasteiger charge is -2.51. The molecule has 0 radical (unpaired) electrons. The van der Waals surface area contributed by atoms with Crippen molar-refractivity contribution >= 4 is 11.8 Å². The number of benzene rings is 1. The summed E-state index contributed by atoms with van der Waals surface area (Å²) in [6.07, 6.45) is 7.03. The first-order valence-corrected chi connectivity index (χ1v) is 11.2. The number of amides is 2. The maximum atomic E-state index is 13.2. The quantitative estimate of drug-likeness (QED) is 0.701. The van der Waals surface area contributed by atoms with Crippen molar-refractivity contribution in [3.05, 3.63) is 35.9 Å². The van der Waals surface area contributed by atoms with Crippen LogP contribution >= 0.6 is 0 Å². The molecule has 5 nitrogen and oxygen atoms in total. The van der Waals surface area contributed by atoms with Gasteiger partial charge in [-0.1, -0.05) is 37.3 Å². The van der Waals surface area contributed by atoms with E-state index in [9.17, 15) is 9.59 Å². The molecule has 2 amide bonds. The van der Waals surface area contributed by atoms with Crippen LogP contribution in [0.5, 0.6) is 0 Å². The molecule has 1 saturated heterocycles. The van der Waals surface area contributed by atoms with Gasteiger partial charge in [-0.25, -0.2) is 4.79 Å². The smallest absolute Gasteiger partial charge is 0.317 e. The second kappa shape index (κ2) is 7.75. The molecule has 1 spiro atoms. The molecule has 2 aliphatic carbocycles. The van der Waals surface area contributed by atoms with Crippen molar-refractivity contribution < 1.29 is 9.59 Å². The fourth-order valence-electron chi connectivity index (χ4n) is 5.46. The van der Waals surface area contributed by atoms with Crippen LogP contribution in [0.1, 0.15) is 57.4 Å². The number of rotatable bonds is 7. The van der Waals surface area contributed by atoms with Crippen molar-refractivity contribution in [2.75, 3.05) is 33.7 Å². The summed E-state index contributed by atoms with van der Waals surface area (Å²) in [6.45, 7) is 3.74. The number of hydrogen-bond donors (Lipinski definition) is 0. The molecule has 0 aromatic heterocycles. The Bertz CT molecular complexity index is 749. The van der Waals surface area contributed by atoms with E-state index in [2.05, 4.69) is 54.2 Å². The molecule has 1 aliphatic heterocycles. The van der Waals surface area contributed by atoms with Crippen LogP contribution in [-0.2, 0) is 10.3 Å². The Hall–Kier alpha value is -1.88. The first kappa shape index (κ1) is 20.4. The van der Waals surface area contributed by atoms with Crippen LogP contribution in [0.3, 0.4) is 0 Å². The van der Waals surface area contributed by atoms with Gasteiger partial charge >= 0.3 is 6.03 Å². The van der Waals surface area contributed by atoms with Gasteiger partial charge in [-0.2, -0.15) is 0 Å². The van der Waals surface area contributed by atoms with Crippen molar-refractivity contribution in [2.24, 2.45) is 5.92 Å². The molecule has 29 heavy (non-hydrogen) atoms. The fraction of sp³-hybridized carbons (Fsp3) is 0.667. The Balaban J connectivity index is 1.58. The van der Waals surface area contributed by atoms with E-state index in [1.54, 1.807) is 0 Å². The van der Waals surface area contributed by atoms with Crippen LogP contribution in [-0.4, -0.2) is 65.8 Å². The van der Waals surface area contributed by atoms with Gasteiger partial charge in [-0.05, 0) is 64.1 Å². The number of nitrogens with zero attached hydrogens (tertiary/aromatic N) is 3. The summed E-state index contributed by atoms with van der Waals surface area (Å²) in [5.74, 6) is 0.816. The molecule has 1 heterocycles. The van der Waals surface area contributed by atoms with Crippen molar-refractivity contribution in [2.45, 2.75) is 62.9 Å². The van der Waals surface area contributed by atoms with E-state index in [4.69, 9.17) is 0 Å². The first-order valence-electron chi connectivity index (χ1n) is 11.2. The van der Waals surface area contributed by atoms with Crippen LogP contribution in [0.2, 0.25) is 0 Å². The van der Waals surface area contributed by atoms with E-state index in [1.807, 2.05) is 11.8 Å². The van der Waals surface area contributed by atoms with Gasteiger partial charge in [0.2, 0.25) is 0 Å². The fourth-order valence-corrected chi connectivity index (χ4v) is 5.46. The summed E-state index contributed by atoms with van der Waals surface area (Å²) in [5.41, 5.74) is 1.28. The SMILES string of the molecule is CCC(=O)CN1CC2(CCC(c3ccccc3)(N(C)C)CC2)N(CC2CC2)C1=O. The molecule has 1 aromatic carbocycles. The van der Waals surface area contributed by atoms with Crippen LogP contribution in [0, 0.1) is 5.92 Å². The third-order valence-electron chi connectivity index (χ3n) is 7.63. The van der Waals surface area contributed by atoms with E-state index in [0.717, 1.165) is 32.2 Å². The van der Waals surface area contributed by atoms with E-state index in [0.29, 0.717) is 18.9 Å². The standard InChI is InChI=1S/C24H35N3O2/c1-4-21(28)17-26-18-23(27(22(26)29)16-19-10-11-19)12-14-24(15-13-23,25(2)3)20-8-6-5-7-9-20/h5-9,19H,4,10-18H2,1-3H3. The predicted octanol–water partition coefficient (Wildman–Crippen LogP) is 3.88. The van der Waals surface area contributed by atoms with Crippen molar-refractivity contribution in [3.63, 3.8) is 0 Å². The Morgan fingerprint density at radius 3 is 2.31 bits per heavy atom. The van der Waals surface area contributed by atoms with Gasteiger partial charge in [0, 0.05) is 25.0 Å². The minimum atomic E-state index is -0.109. The number of hydrogen-bond acceptors (Lipinski definition) is 3. The van der Waals surface area contributed by atoms with Crippen LogP contribution in [0.25, 0.3) is 0 Å². The van der Waals surface area contributed by atoms with Crippen LogP contribution in [0.4, 0.5) is 4.79 Å². The highest BCUT2D eigenvalue weighted by Crippen LogP contribution is 2.49. The highest BCUT2D eigenvalue weighted by atomic mass is 16.2. The molecular weight excluding hydrogens is 362 g/mol. The Morgan fingerprint density at radius 2 is 1.76 bits per heavy atom. The molecule has 0 bridgehead atoms. The summed E-state index contributed by atoms with van der Waals surface area (Å²) in [7, 11) is 4.36. The van der Waals surface area contributed by atoms with Gasteiger partial charge in [0.05, 0.1) is 12.1 Å². The van der Waals surface area contributed by atoms with Crippen molar-refractivity contribution in [3.8, 4) is 0 Å². The number of carbonyl (C=O) groups excluding carboxylic acids is 2. The van der Waals surface area contributed by atoms with Gasteiger partial charge in [0.15, 0.2) is 5.78 Å². The summed E-state index contributed by atoms with van der Waals surface area (Å²) < 4.78 is 0. The highest BCUT2D eigenvalue weighted by Gasteiger charge is 2.55. The van der Waals surface area contributed by atoms with Gasteiger partial charge < -0.3 is 9.80 Å². The lowest BCUT2D eigenvalue weighted by atomic mass is 9.68. The van der Waals surface area contributed by atoms with Crippen molar-refractivity contribution in [1.29, 1.82) is 0 Å². The monoisotopic (exact) mass is 397 g/mol. The lowest BCUT2D eigenvalue weighted by Crippen LogP contribution is -2.55. The zero-order valence-electron chi connectivity index (χ0n) is 18.2. The molecule has 0 unspecified atom stereocenters. The molecule has 3 fully saturated rings. The van der Waals surface area contributed by atoms with Gasteiger partial charge in [-0.3, -0.25) is 9.69 Å². The predicted molar refractivity (Wildman–Crippen MR) is 115 cm³/mol. The largest absolute Gasteiger partial charge is 0.321 e. The Morgan fingerprint density at radius 1 is 1.10 bits per heavy atom.